The summed E-state index contributed by atoms with van der Waals surface area (Å²) in [5.74, 6) is 0. The first kappa shape index (κ1) is 9.98. The molecule has 4 heteroatoms. The SMILES string of the molecule is Nc1ccccc1Nc1cncc(Br)c1. The molecule has 1 aromatic carbocycles. The number of nitrogens with two attached hydrogens (primary N) is 1. The summed E-state index contributed by atoms with van der Waals surface area (Å²) >= 11 is 3.36. The highest BCUT2D eigenvalue weighted by Gasteiger charge is 1.98. The summed E-state index contributed by atoms with van der Waals surface area (Å²) in [5.41, 5.74) is 8.32. The maximum absolute atomic E-state index is 5.81. The van der Waals surface area contributed by atoms with Crippen LogP contribution >= 0.6 is 15.9 Å². The Morgan fingerprint density at radius 2 is 2.00 bits per heavy atom. The summed E-state index contributed by atoms with van der Waals surface area (Å²) in [4.78, 5) is 4.06. The molecule has 0 saturated heterocycles. The van der Waals surface area contributed by atoms with Crippen LogP contribution in [0.15, 0.2) is 47.2 Å². The number of pyridine rings is 1. The van der Waals surface area contributed by atoms with E-state index in [1.807, 2.05) is 30.3 Å². The average molecular weight is 264 g/mol. The van der Waals surface area contributed by atoms with Crippen molar-refractivity contribution in [1.82, 2.24) is 4.98 Å². The molecule has 0 bridgehead atoms. The van der Waals surface area contributed by atoms with Crippen LogP contribution in [0.2, 0.25) is 0 Å². The fourth-order valence-electron chi connectivity index (χ4n) is 1.25. The van der Waals surface area contributed by atoms with Gasteiger partial charge in [0.2, 0.25) is 0 Å². The van der Waals surface area contributed by atoms with Crippen molar-refractivity contribution in [2.45, 2.75) is 0 Å². The van der Waals surface area contributed by atoms with E-state index < -0.39 is 0 Å². The van der Waals surface area contributed by atoms with E-state index in [1.165, 1.54) is 0 Å². The van der Waals surface area contributed by atoms with Crippen LogP contribution in [-0.2, 0) is 0 Å². The normalized spacial score (nSPS) is 9.93. The van der Waals surface area contributed by atoms with Gasteiger partial charge in [0, 0.05) is 10.7 Å². The zero-order valence-corrected chi connectivity index (χ0v) is 9.53. The van der Waals surface area contributed by atoms with Crippen LogP contribution in [0.1, 0.15) is 0 Å². The summed E-state index contributed by atoms with van der Waals surface area (Å²) in [5, 5.41) is 3.20. The minimum atomic E-state index is 0.720. The van der Waals surface area contributed by atoms with Crippen molar-refractivity contribution in [3.63, 3.8) is 0 Å². The molecule has 0 saturated carbocycles. The molecule has 0 aliphatic rings. The molecule has 0 atom stereocenters. The van der Waals surface area contributed by atoms with Crippen molar-refractivity contribution < 1.29 is 0 Å². The highest BCUT2D eigenvalue weighted by atomic mass is 79.9. The summed E-state index contributed by atoms with van der Waals surface area (Å²) < 4.78 is 0.932. The van der Waals surface area contributed by atoms with Crippen LogP contribution in [0.25, 0.3) is 0 Å². The predicted octanol–water partition coefficient (Wildman–Crippen LogP) is 3.17. The molecule has 1 aromatic heterocycles. The van der Waals surface area contributed by atoms with E-state index in [4.69, 9.17) is 5.73 Å². The molecule has 1 heterocycles. The number of aromatic nitrogens is 1. The van der Waals surface area contributed by atoms with Crippen molar-refractivity contribution in [3.05, 3.63) is 47.2 Å². The number of nitrogens with one attached hydrogen (secondary N) is 1. The number of rotatable bonds is 2. The zero-order valence-electron chi connectivity index (χ0n) is 7.94. The van der Waals surface area contributed by atoms with Crippen LogP contribution in [0.4, 0.5) is 17.1 Å². The second-order valence-corrected chi connectivity index (χ2v) is 4.02. The molecule has 3 N–H and O–H groups in total. The van der Waals surface area contributed by atoms with E-state index in [2.05, 4.69) is 26.2 Å². The lowest BCUT2D eigenvalue weighted by atomic mass is 10.2. The molecule has 76 valence electrons. The molecule has 0 aliphatic heterocycles. The van der Waals surface area contributed by atoms with Gasteiger partial charge in [0.05, 0.1) is 23.3 Å². The third kappa shape index (κ3) is 2.47. The van der Waals surface area contributed by atoms with Gasteiger partial charge in [-0.15, -0.1) is 0 Å². The first-order valence-corrected chi connectivity index (χ1v) is 5.27. The van der Waals surface area contributed by atoms with Crippen molar-refractivity contribution >= 4 is 33.0 Å². The quantitative estimate of drug-likeness (QED) is 0.819. The number of hydrogen-bond acceptors (Lipinski definition) is 3. The average Bonchev–Trinajstić information content (AvgIpc) is 2.22. The van der Waals surface area contributed by atoms with E-state index >= 15 is 0 Å². The van der Waals surface area contributed by atoms with Crippen LogP contribution in [-0.4, -0.2) is 4.98 Å². The van der Waals surface area contributed by atoms with Gasteiger partial charge in [-0.2, -0.15) is 0 Å². The molecular formula is C11H10BrN3. The number of nitrogen functional groups attached to an aromatic ring is 1. The minimum Gasteiger partial charge on any atom is -0.397 e. The number of benzene rings is 1. The Labute approximate surface area is 96.5 Å². The van der Waals surface area contributed by atoms with E-state index in [9.17, 15) is 0 Å². The number of anilines is 3. The summed E-state index contributed by atoms with van der Waals surface area (Å²) in [6.07, 6.45) is 3.48. The van der Waals surface area contributed by atoms with Gasteiger partial charge < -0.3 is 11.1 Å². The number of halogens is 1. The Morgan fingerprint density at radius 1 is 1.20 bits per heavy atom. The fraction of sp³-hybridized carbons (Fsp3) is 0. The van der Waals surface area contributed by atoms with Gasteiger partial charge in [-0.05, 0) is 34.1 Å². The Hall–Kier alpha value is -1.55. The molecule has 0 unspecified atom stereocenters. The van der Waals surface area contributed by atoms with Gasteiger partial charge >= 0.3 is 0 Å². The predicted molar refractivity (Wildman–Crippen MR) is 66.1 cm³/mol. The number of nitrogens with zero attached hydrogens (tertiary/aromatic N) is 1. The van der Waals surface area contributed by atoms with E-state index in [0.717, 1.165) is 21.5 Å². The van der Waals surface area contributed by atoms with Gasteiger partial charge in [0.25, 0.3) is 0 Å². The van der Waals surface area contributed by atoms with Gasteiger partial charge in [0.15, 0.2) is 0 Å². The maximum Gasteiger partial charge on any atom is 0.0618 e. The Bertz CT molecular complexity index is 471. The second-order valence-electron chi connectivity index (χ2n) is 3.10. The molecule has 0 spiro atoms. The molecule has 15 heavy (non-hydrogen) atoms. The fourth-order valence-corrected chi connectivity index (χ4v) is 1.61. The molecular weight excluding hydrogens is 254 g/mol. The van der Waals surface area contributed by atoms with E-state index in [-0.39, 0.29) is 0 Å². The number of hydrogen-bond donors (Lipinski definition) is 2. The van der Waals surface area contributed by atoms with Crippen LogP contribution < -0.4 is 11.1 Å². The second kappa shape index (κ2) is 4.31. The van der Waals surface area contributed by atoms with Crippen molar-refractivity contribution in [1.29, 1.82) is 0 Å². The van der Waals surface area contributed by atoms with Gasteiger partial charge in [-0.3, -0.25) is 4.98 Å². The highest BCUT2D eigenvalue weighted by Crippen LogP contribution is 2.23. The monoisotopic (exact) mass is 263 g/mol. The lowest BCUT2D eigenvalue weighted by Crippen LogP contribution is -1.95. The smallest absolute Gasteiger partial charge is 0.0618 e. The topological polar surface area (TPSA) is 50.9 Å². The molecule has 2 aromatic rings. The Balaban J connectivity index is 2.26. The summed E-state index contributed by atoms with van der Waals surface area (Å²) in [7, 11) is 0. The van der Waals surface area contributed by atoms with E-state index in [1.54, 1.807) is 12.4 Å². The van der Waals surface area contributed by atoms with Gasteiger partial charge in [0.1, 0.15) is 0 Å². The molecule has 3 nitrogen and oxygen atoms in total. The molecule has 0 radical (unpaired) electrons. The maximum atomic E-state index is 5.81. The van der Waals surface area contributed by atoms with Crippen molar-refractivity contribution in [2.24, 2.45) is 0 Å². The van der Waals surface area contributed by atoms with E-state index in [0.29, 0.717) is 0 Å². The molecule has 0 fully saturated rings. The minimum absolute atomic E-state index is 0.720. The first-order chi connectivity index (χ1) is 7.25. The van der Waals surface area contributed by atoms with Crippen molar-refractivity contribution in [2.75, 3.05) is 11.1 Å². The Morgan fingerprint density at radius 3 is 2.73 bits per heavy atom. The first-order valence-electron chi connectivity index (χ1n) is 4.48. The van der Waals surface area contributed by atoms with Crippen LogP contribution in [0.5, 0.6) is 0 Å². The largest absolute Gasteiger partial charge is 0.397 e. The molecule has 0 aliphatic carbocycles. The Kier molecular flexibility index (Phi) is 2.87. The van der Waals surface area contributed by atoms with Crippen molar-refractivity contribution in [3.8, 4) is 0 Å². The highest BCUT2D eigenvalue weighted by molar-refractivity contribution is 9.10. The van der Waals surface area contributed by atoms with Gasteiger partial charge in [-0.25, -0.2) is 0 Å². The van der Waals surface area contributed by atoms with Gasteiger partial charge in [-0.1, -0.05) is 12.1 Å². The molecule has 2 rings (SSSR count). The number of para-hydroxylation sites is 2. The summed E-state index contributed by atoms with van der Waals surface area (Å²) in [6, 6.07) is 9.56. The third-order valence-electron chi connectivity index (χ3n) is 1.94. The summed E-state index contributed by atoms with van der Waals surface area (Å²) in [6.45, 7) is 0. The molecule has 0 amide bonds. The lowest BCUT2D eigenvalue weighted by molar-refractivity contribution is 1.30. The lowest BCUT2D eigenvalue weighted by Gasteiger charge is -2.08. The van der Waals surface area contributed by atoms with Crippen LogP contribution in [0, 0.1) is 0 Å². The van der Waals surface area contributed by atoms with Crippen LogP contribution in [0.3, 0.4) is 0 Å². The zero-order chi connectivity index (χ0) is 10.7. The third-order valence-corrected chi connectivity index (χ3v) is 2.38. The standard InChI is InChI=1S/C11H10BrN3/c12-8-5-9(7-14-6-8)15-11-4-2-1-3-10(11)13/h1-7,15H,13H2.